The number of hydrogen-bond acceptors (Lipinski definition) is 4. The molecule has 2 N–H and O–H groups in total. The number of ether oxygens (including phenoxy) is 2. The van der Waals surface area contributed by atoms with E-state index in [1.165, 1.54) is 13.0 Å². The highest BCUT2D eigenvalue weighted by Gasteiger charge is 2.16. The second-order valence-electron chi connectivity index (χ2n) is 5.72. The SMILES string of the molecule is CC(=O)Nc1ccc(Br)cc1NC(=O)/C=C/c1cc(Cl)c2c(c1)OCCO2. The van der Waals surface area contributed by atoms with Crippen molar-refractivity contribution in [1.29, 1.82) is 0 Å². The van der Waals surface area contributed by atoms with Crippen molar-refractivity contribution in [2.24, 2.45) is 0 Å². The van der Waals surface area contributed by atoms with Crippen molar-refractivity contribution in [3.05, 3.63) is 51.5 Å². The first-order chi connectivity index (χ1) is 12.9. The first-order valence-electron chi connectivity index (χ1n) is 8.08. The maximum atomic E-state index is 12.3. The van der Waals surface area contributed by atoms with Crippen LogP contribution in [0.5, 0.6) is 11.5 Å². The van der Waals surface area contributed by atoms with E-state index < -0.39 is 0 Å². The normalized spacial score (nSPS) is 12.7. The molecule has 0 radical (unpaired) electrons. The molecule has 0 saturated carbocycles. The maximum Gasteiger partial charge on any atom is 0.248 e. The van der Waals surface area contributed by atoms with E-state index in [1.807, 2.05) is 0 Å². The third-order valence-corrected chi connectivity index (χ3v) is 4.37. The average molecular weight is 452 g/mol. The molecular weight excluding hydrogens is 436 g/mol. The Morgan fingerprint density at radius 2 is 1.89 bits per heavy atom. The summed E-state index contributed by atoms with van der Waals surface area (Å²) in [6.07, 6.45) is 3.00. The van der Waals surface area contributed by atoms with Crippen LogP contribution >= 0.6 is 27.5 Å². The lowest BCUT2D eigenvalue weighted by Crippen LogP contribution is -2.15. The number of carbonyl (C=O) groups is 2. The highest BCUT2D eigenvalue weighted by molar-refractivity contribution is 9.10. The Hall–Kier alpha value is -2.51. The van der Waals surface area contributed by atoms with E-state index in [1.54, 1.807) is 36.4 Å². The number of halogens is 2. The molecule has 8 heteroatoms. The number of anilines is 2. The molecule has 1 aliphatic rings. The van der Waals surface area contributed by atoms with Gasteiger partial charge in [-0.25, -0.2) is 0 Å². The summed E-state index contributed by atoms with van der Waals surface area (Å²) in [5.41, 5.74) is 1.69. The molecule has 0 aliphatic carbocycles. The van der Waals surface area contributed by atoms with Crippen LogP contribution < -0.4 is 20.1 Å². The molecular formula is C19H16BrClN2O4. The Bertz CT molecular complexity index is 930. The van der Waals surface area contributed by atoms with E-state index in [9.17, 15) is 9.59 Å². The van der Waals surface area contributed by atoms with Crippen LogP contribution in [0, 0.1) is 0 Å². The average Bonchev–Trinajstić information content (AvgIpc) is 2.62. The number of amides is 2. The van der Waals surface area contributed by atoms with Crippen LogP contribution in [0.25, 0.3) is 6.08 Å². The smallest absolute Gasteiger partial charge is 0.248 e. The lowest BCUT2D eigenvalue weighted by Gasteiger charge is -2.19. The van der Waals surface area contributed by atoms with Gasteiger partial charge in [0.25, 0.3) is 0 Å². The number of hydrogen-bond donors (Lipinski definition) is 2. The third kappa shape index (κ3) is 5.02. The molecule has 1 heterocycles. The molecule has 27 heavy (non-hydrogen) atoms. The standard InChI is InChI=1S/C19H16BrClN2O4/c1-11(24)22-15-4-3-13(20)10-16(15)23-18(25)5-2-12-8-14(21)19-17(9-12)26-6-7-27-19/h2-5,8-10H,6-7H2,1H3,(H,22,24)(H,23,25)/b5-2+. The van der Waals surface area contributed by atoms with Gasteiger partial charge in [0.2, 0.25) is 11.8 Å². The van der Waals surface area contributed by atoms with E-state index in [4.69, 9.17) is 21.1 Å². The zero-order valence-corrected chi connectivity index (χ0v) is 16.7. The quantitative estimate of drug-likeness (QED) is 0.672. The second-order valence-corrected chi connectivity index (χ2v) is 7.04. The molecule has 1 aliphatic heterocycles. The summed E-state index contributed by atoms with van der Waals surface area (Å²) < 4.78 is 11.8. The van der Waals surface area contributed by atoms with Crippen LogP contribution in [0.4, 0.5) is 11.4 Å². The molecule has 3 rings (SSSR count). The van der Waals surface area contributed by atoms with Crippen LogP contribution in [0.3, 0.4) is 0 Å². The van der Waals surface area contributed by atoms with Crippen LogP contribution in [0.2, 0.25) is 5.02 Å². The van der Waals surface area contributed by atoms with Gasteiger partial charge in [0.1, 0.15) is 13.2 Å². The Balaban J connectivity index is 1.76. The number of rotatable bonds is 4. The molecule has 2 aromatic carbocycles. The zero-order chi connectivity index (χ0) is 19.4. The summed E-state index contributed by atoms with van der Waals surface area (Å²) in [4.78, 5) is 23.6. The molecule has 0 atom stereocenters. The number of nitrogens with one attached hydrogen (secondary N) is 2. The molecule has 0 spiro atoms. The summed E-state index contributed by atoms with van der Waals surface area (Å²) in [6, 6.07) is 8.63. The molecule has 2 aromatic rings. The highest BCUT2D eigenvalue weighted by Crippen LogP contribution is 2.38. The van der Waals surface area contributed by atoms with E-state index in [0.29, 0.717) is 46.7 Å². The minimum atomic E-state index is -0.356. The molecule has 0 fully saturated rings. The topological polar surface area (TPSA) is 76.7 Å². The molecule has 0 saturated heterocycles. The van der Waals surface area contributed by atoms with Crippen LogP contribution in [0.1, 0.15) is 12.5 Å². The van der Waals surface area contributed by atoms with Gasteiger partial charge < -0.3 is 20.1 Å². The minimum absolute atomic E-state index is 0.228. The number of carbonyl (C=O) groups excluding carboxylic acids is 2. The fourth-order valence-electron chi connectivity index (χ4n) is 2.49. The molecule has 0 aromatic heterocycles. The van der Waals surface area contributed by atoms with Gasteiger partial charge in [0, 0.05) is 17.5 Å². The highest BCUT2D eigenvalue weighted by atomic mass is 79.9. The van der Waals surface area contributed by atoms with E-state index in [-0.39, 0.29) is 11.8 Å². The molecule has 0 unspecified atom stereocenters. The second kappa shape index (κ2) is 8.45. The predicted octanol–water partition coefficient (Wildman–Crippen LogP) is 4.48. The van der Waals surface area contributed by atoms with Crippen LogP contribution in [0.15, 0.2) is 40.9 Å². The first-order valence-corrected chi connectivity index (χ1v) is 9.25. The van der Waals surface area contributed by atoms with E-state index in [0.717, 1.165) is 4.47 Å². The summed E-state index contributed by atoms with van der Waals surface area (Å²) in [7, 11) is 0. The Labute approximate surface area is 169 Å². The van der Waals surface area contributed by atoms with Crippen molar-refractivity contribution >= 4 is 56.8 Å². The Morgan fingerprint density at radius 1 is 1.11 bits per heavy atom. The summed E-state index contributed by atoms with van der Waals surface area (Å²) in [6.45, 7) is 2.30. The van der Waals surface area contributed by atoms with Crippen molar-refractivity contribution in [1.82, 2.24) is 0 Å². The largest absolute Gasteiger partial charge is 0.486 e. The van der Waals surface area contributed by atoms with Crippen molar-refractivity contribution in [3.63, 3.8) is 0 Å². The minimum Gasteiger partial charge on any atom is -0.486 e. The van der Waals surface area contributed by atoms with Crippen LogP contribution in [-0.2, 0) is 9.59 Å². The third-order valence-electron chi connectivity index (χ3n) is 3.60. The van der Waals surface area contributed by atoms with Crippen molar-refractivity contribution in [2.75, 3.05) is 23.8 Å². The van der Waals surface area contributed by atoms with Gasteiger partial charge in [-0.3, -0.25) is 9.59 Å². The summed E-state index contributed by atoms with van der Waals surface area (Å²) in [5, 5.41) is 5.84. The van der Waals surface area contributed by atoms with E-state index >= 15 is 0 Å². The maximum absolute atomic E-state index is 12.3. The lowest BCUT2D eigenvalue weighted by atomic mass is 10.1. The fourth-order valence-corrected chi connectivity index (χ4v) is 3.13. The lowest BCUT2D eigenvalue weighted by molar-refractivity contribution is -0.114. The van der Waals surface area contributed by atoms with Crippen molar-refractivity contribution in [3.8, 4) is 11.5 Å². The first kappa shape index (κ1) is 19.3. The van der Waals surface area contributed by atoms with Gasteiger partial charge in [-0.05, 0) is 42.0 Å². The predicted molar refractivity (Wildman–Crippen MR) is 109 cm³/mol. The fraction of sp³-hybridized carbons (Fsp3) is 0.158. The molecule has 0 bridgehead atoms. The monoisotopic (exact) mass is 450 g/mol. The van der Waals surface area contributed by atoms with Gasteiger partial charge in [-0.2, -0.15) is 0 Å². The van der Waals surface area contributed by atoms with Crippen molar-refractivity contribution in [2.45, 2.75) is 6.92 Å². The molecule has 140 valence electrons. The molecule has 2 amide bonds. The summed E-state index contributed by atoms with van der Waals surface area (Å²) in [5.74, 6) is 0.479. The number of fused-ring (bicyclic) bond motifs is 1. The van der Waals surface area contributed by atoms with Gasteiger partial charge >= 0.3 is 0 Å². The number of benzene rings is 2. The van der Waals surface area contributed by atoms with Gasteiger partial charge in [-0.15, -0.1) is 0 Å². The Morgan fingerprint density at radius 3 is 2.67 bits per heavy atom. The molecule has 6 nitrogen and oxygen atoms in total. The van der Waals surface area contributed by atoms with Crippen molar-refractivity contribution < 1.29 is 19.1 Å². The van der Waals surface area contributed by atoms with Crippen LogP contribution in [-0.4, -0.2) is 25.0 Å². The zero-order valence-electron chi connectivity index (χ0n) is 14.3. The van der Waals surface area contributed by atoms with Gasteiger partial charge in [-0.1, -0.05) is 27.5 Å². The van der Waals surface area contributed by atoms with Gasteiger partial charge in [0.05, 0.1) is 16.4 Å². The Kier molecular flexibility index (Phi) is 6.03. The summed E-state index contributed by atoms with van der Waals surface area (Å²) >= 11 is 9.54. The van der Waals surface area contributed by atoms with E-state index in [2.05, 4.69) is 26.6 Å². The van der Waals surface area contributed by atoms with Gasteiger partial charge in [0.15, 0.2) is 11.5 Å².